The summed E-state index contributed by atoms with van der Waals surface area (Å²) in [6.07, 6.45) is -0.299. The molecule has 0 atom stereocenters. The van der Waals surface area contributed by atoms with Crippen molar-refractivity contribution < 1.29 is 18.3 Å². The first-order chi connectivity index (χ1) is 8.24. The minimum absolute atomic E-state index is 0.0894. The summed E-state index contributed by atoms with van der Waals surface area (Å²) in [4.78, 5) is 10.2. The minimum atomic E-state index is -3.80. The second-order valence-electron chi connectivity index (χ2n) is 3.55. The van der Waals surface area contributed by atoms with Crippen molar-refractivity contribution in [3.05, 3.63) is 27.7 Å². The van der Waals surface area contributed by atoms with Crippen LogP contribution in [0.1, 0.15) is 12.0 Å². The molecule has 5 nitrogen and oxygen atoms in total. The molecule has 0 aromatic heterocycles. The van der Waals surface area contributed by atoms with Gasteiger partial charge in [0.25, 0.3) is 0 Å². The van der Waals surface area contributed by atoms with E-state index in [-0.39, 0.29) is 27.9 Å². The van der Waals surface area contributed by atoms with Crippen LogP contribution >= 0.6 is 23.2 Å². The smallest absolute Gasteiger partial charge is 0.304 e. The van der Waals surface area contributed by atoms with Crippen molar-refractivity contribution in [1.82, 2.24) is 4.72 Å². The van der Waals surface area contributed by atoms with Crippen LogP contribution in [-0.4, -0.2) is 26.0 Å². The maximum Gasteiger partial charge on any atom is 0.304 e. The molecule has 1 aromatic rings. The largest absolute Gasteiger partial charge is 0.481 e. The van der Waals surface area contributed by atoms with E-state index in [4.69, 9.17) is 28.3 Å². The molecular formula is C10H11Cl2NO4S. The summed E-state index contributed by atoms with van der Waals surface area (Å²) >= 11 is 11.7. The first kappa shape index (κ1) is 15.2. The quantitative estimate of drug-likeness (QED) is 0.871. The van der Waals surface area contributed by atoms with Gasteiger partial charge in [0, 0.05) is 16.6 Å². The normalized spacial score (nSPS) is 11.5. The number of benzene rings is 1. The topological polar surface area (TPSA) is 83.5 Å². The summed E-state index contributed by atoms with van der Waals surface area (Å²) in [5.41, 5.74) is 0.586. The molecule has 0 aliphatic heterocycles. The predicted molar refractivity (Wildman–Crippen MR) is 68.6 cm³/mol. The van der Waals surface area contributed by atoms with Gasteiger partial charge >= 0.3 is 5.97 Å². The Kier molecular flexibility index (Phi) is 4.98. The second-order valence-corrected chi connectivity index (χ2v) is 6.13. The van der Waals surface area contributed by atoms with Crippen molar-refractivity contribution in [1.29, 1.82) is 0 Å². The molecule has 0 fully saturated rings. The van der Waals surface area contributed by atoms with Gasteiger partial charge in [-0.25, -0.2) is 13.1 Å². The molecule has 0 bridgehead atoms. The molecule has 0 amide bonds. The van der Waals surface area contributed by atoms with E-state index in [0.717, 1.165) is 0 Å². The summed E-state index contributed by atoms with van der Waals surface area (Å²) in [7, 11) is -3.80. The van der Waals surface area contributed by atoms with Crippen LogP contribution in [0.15, 0.2) is 17.0 Å². The number of sulfonamides is 1. The summed E-state index contributed by atoms with van der Waals surface area (Å²) in [6.45, 7) is 1.47. The zero-order valence-electron chi connectivity index (χ0n) is 9.41. The highest BCUT2D eigenvalue weighted by Crippen LogP contribution is 2.27. The third-order valence-electron chi connectivity index (χ3n) is 2.20. The summed E-state index contributed by atoms with van der Waals surface area (Å²) in [5, 5.41) is 8.90. The molecule has 18 heavy (non-hydrogen) atoms. The molecule has 2 N–H and O–H groups in total. The Bertz CT molecular complexity index is 548. The van der Waals surface area contributed by atoms with Crippen molar-refractivity contribution in [2.75, 3.05) is 6.54 Å². The van der Waals surface area contributed by atoms with E-state index >= 15 is 0 Å². The van der Waals surface area contributed by atoms with Gasteiger partial charge in [-0.15, -0.1) is 0 Å². The zero-order chi connectivity index (χ0) is 13.9. The standard InChI is InChI=1S/C10H11Cl2NO4S/c1-6-8(11)4-7(5-9(6)12)18(16,17)13-3-2-10(14)15/h4-5,13H,2-3H2,1H3,(H,14,15). The molecule has 1 aromatic carbocycles. The van der Waals surface area contributed by atoms with Crippen LogP contribution in [0, 0.1) is 6.92 Å². The third kappa shape index (κ3) is 3.84. The lowest BCUT2D eigenvalue weighted by molar-refractivity contribution is -0.136. The summed E-state index contributed by atoms with van der Waals surface area (Å²) < 4.78 is 25.8. The van der Waals surface area contributed by atoms with Crippen molar-refractivity contribution in [3.8, 4) is 0 Å². The molecule has 0 heterocycles. The van der Waals surface area contributed by atoms with E-state index in [0.29, 0.717) is 5.56 Å². The minimum Gasteiger partial charge on any atom is -0.481 e. The van der Waals surface area contributed by atoms with Gasteiger partial charge in [0.05, 0.1) is 11.3 Å². The first-order valence-corrected chi connectivity index (χ1v) is 7.15. The van der Waals surface area contributed by atoms with Gasteiger partial charge in [-0.2, -0.15) is 0 Å². The fraction of sp³-hybridized carbons (Fsp3) is 0.300. The Morgan fingerprint density at radius 2 is 1.83 bits per heavy atom. The Labute approximate surface area is 115 Å². The highest BCUT2D eigenvalue weighted by atomic mass is 35.5. The monoisotopic (exact) mass is 311 g/mol. The number of carbonyl (C=O) groups is 1. The second kappa shape index (κ2) is 5.88. The highest BCUT2D eigenvalue weighted by Gasteiger charge is 2.17. The SMILES string of the molecule is Cc1c(Cl)cc(S(=O)(=O)NCCC(=O)O)cc1Cl. The van der Waals surface area contributed by atoms with Crippen LogP contribution in [-0.2, 0) is 14.8 Å². The van der Waals surface area contributed by atoms with Crippen LogP contribution in [0.4, 0.5) is 0 Å². The van der Waals surface area contributed by atoms with E-state index in [1.54, 1.807) is 6.92 Å². The average molecular weight is 312 g/mol. The third-order valence-corrected chi connectivity index (χ3v) is 4.42. The van der Waals surface area contributed by atoms with Gasteiger partial charge in [-0.3, -0.25) is 4.79 Å². The van der Waals surface area contributed by atoms with E-state index in [9.17, 15) is 13.2 Å². The number of rotatable bonds is 5. The summed E-state index contributed by atoms with van der Waals surface area (Å²) in [5.74, 6) is -1.09. The van der Waals surface area contributed by atoms with Gasteiger partial charge in [0.2, 0.25) is 10.0 Å². The van der Waals surface area contributed by atoms with Crippen LogP contribution < -0.4 is 4.72 Å². The molecule has 1 rings (SSSR count). The molecule has 0 saturated heterocycles. The molecule has 0 aliphatic carbocycles. The maximum atomic E-state index is 11.8. The van der Waals surface area contributed by atoms with Crippen molar-refractivity contribution in [2.45, 2.75) is 18.2 Å². The molecule has 0 saturated carbocycles. The van der Waals surface area contributed by atoms with E-state index in [2.05, 4.69) is 4.72 Å². The van der Waals surface area contributed by atoms with Gasteiger partial charge in [-0.1, -0.05) is 23.2 Å². The molecule has 8 heteroatoms. The average Bonchev–Trinajstić information content (AvgIpc) is 2.24. The lowest BCUT2D eigenvalue weighted by Gasteiger charge is -2.08. The van der Waals surface area contributed by atoms with Gasteiger partial charge in [-0.05, 0) is 24.6 Å². The predicted octanol–water partition coefficient (Wildman–Crippen LogP) is 2.05. The van der Waals surface area contributed by atoms with Crippen LogP contribution in [0.5, 0.6) is 0 Å². The van der Waals surface area contributed by atoms with Crippen LogP contribution in [0.25, 0.3) is 0 Å². The summed E-state index contributed by atoms with van der Waals surface area (Å²) in [6, 6.07) is 2.54. The van der Waals surface area contributed by atoms with E-state index in [1.807, 2.05) is 0 Å². The first-order valence-electron chi connectivity index (χ1n) is 4.91. The van der Waals surface area contributed by atoms with Gasteiger partial charge in [0.1, 0.15) is 0 Å². The Hall–Kier alpha value is -0.820. The van der Waals surface area contributed by atoms with Crippen LogP contribution in [0.3, 0.4) is 0 Å². The van der Waals surface area contributed by atoms with Crippen LogP contribution in [0.2, 0.25) is 10.0 Å². The Balaban J connectivity index is 2.95. The van der Waals surface area contributed by atoms with E-state index < -0.39 is 16.0 Å². The molecule has 0 radical (unpaired) electrons. The van der Waals surface area contributed by atoms with E-state index in [1.165, 1.54) is 12.1 Å². The number of hydrogen-bond donors (Lipinski definition) is 2. The number of nitrogens with one attached hydrogen (secondary N) is 1. The van der Waals surface area contributed by atoms with Gasteiger partial charge < -0.3 is 5.11 Å². The number of hydrogen-bond acceptors (Lipinski definition) is 3. The van der Waals surface area contributed by atoms with Crippen molar-refractivity contribution in [2.24, 2.45) is 0 Å². The highest BCUT2D eigenvalue weighted by molar-refractivity contribution is 7.89. The number of carboxylic acids is 1. The molecule has 100 valence electrons. The lowest BCUT2D eigenvalue weighted by atomic mass is 10.2. The molecule has 0 aliphatic rings. The number of halogens is 2. The fourth-order valence-corrected chi connectivity index (χ4v) is 2.85. The fourth-order valence-electron chi connectivity index (χ4n) is 1.15. The molecule has 0 spiro atoms. The van der Waals surface area contributed by atoms with Crippen molar-refractivity contribution >= 4 is 39.2 Å². The zero-order valence-corrected chi connectivity index (χ0v) is 11.7. The number of aliphatic carboxylic acids is 1. The van der Waals surface area contributed by atoms with Crippen molar-refractivity contribution in [3.63, 3.8) is 0 Å². The lowest BCUT2D eigenvalue weighted by Crippen LogP contribution is -2.26. The number of carboxylic acid groups (broad SMARTS) is 1. The Morgan fingerprint density at radius 1 is 1.33 bits per heavy atom. The molecule has 0 unspecified atom stereocenters. The molecular weight excluding hydrogens is 301 g/mol. The maximum absolute atomic E-state index is 11.8. The Morgan fingerprint density at radius 3 is 2.28 bits per heavy atom. The van der Waals surface area contributed by atoms with Gasteiger partial charge in [0.15, 0.2) is 0 Å².